The Morgan fingerprint density at radius 1 is 1.24 bits per heavy atom. The summed E-state index contributed by atoms with van der Waals surface area (Å²) in [7, 11) is 0. The lowest BCUT2D eigenvalue weighted by Gasteiger charge is -2.08. The molecule has 0 aliphatic heterocycles. The van der Waals surface area contributed by atoms with Crippen molar-refractivity contribution in [1.29, 1.82) is 0 Å². The molecule has 0 unspecified atom stereocenters. The number of aromatic amines is 1. The van der Waals surface area contributed by atoms with Gasteiger partial charge in [0.2, 0.25) is 0 Å². The van der Waals surface area contributed by atoms with Crippen LogP contribution in [0.1, 0.15) is 5.56 Å². The molecule has 0 aliphatic carbocycles. The van der Waals surface area contributed by atoms with Crippen molar-refractivity contribution >= 4 is 5.82 Å². The first kappa shape index (κ1) is 11.3. The maximum absolute atomic E-state index is 12.4. The summed E-state index contributed by atoms with van der Waals surface area (Å²) in [6.07, 6.45) is -4.48. The Morgan fingerprint density at radius 2 is 1.94 bits per heavy atom. The quantitative estimate of drug-likeness (QED) is 0.719. The summed E-state index contributed by atoms with van der Waals surface area (Å²) in [6, 6.07) is 4.12. The molecular formula is C10H8F3N3O. The van der Waals surface area contributed by atoms with E-state index in [4.69, 9.17) is 5.73 Å². The predicted octanol–water partition coefficient (Wildman–Crippen LogP) is 2.38. The molecule has 7 heteroatoms. The van der Waals surface area contributed by atoms with Crippen LogP contribution in [-0.4, -0.2) is 15.3 Å². The molecule has 0 amide bonds. The number of hydrogen-bond donors (Lipinski definition) is 3. The molecule has 0 saturated heterocycles. The Kier molecular flexibility index (Phi) is 2.45. The van der Waals surface area contributed by atoms with Crippen molar-refractivity contribution in [2.75, 3.05) is 5.73 Å². The van der Waals surface area contributed by atoms with Crippen LogP contribution in [0.4, 0.5) is 19.0 Å². The summed E-state index contributed by atoms with van der Waals surface area (Å²) in [5.74, 6) is -0.289. The van der Waals surface area contributed by atoms with Crippen LogP contribution in [0.25, 0.3) is 11.3 Å². The van der Waals surface area contributed by atoms with E-state index >= 15 is 0 Å². The van der Waals surface area contributed by atoms with Gasteiger partial charge in [-0.05, 0) is 18.2 Å². The van der Waals surface area contributed by atoms with Gasteiger partial charge in [-0.1, -0.05) is 0 Å². The molecule has 4 N–H and O–H groups in total. The minimum Gasteiger partial charge on any atom is -0.507 e. The van der Waals surface area contributed by atoms with Gasteiger partial charge in [0.05, 0.1) is 11.3 Å². The number of phenolic OH excluding ortho intramolecular Hbond substituents is 1. The number of H-pyrrole nitrogens is 1. The monoisotopic (exact) mass is 243 g/mol. The average molecular weight is 243 g/mol. The third-order valence-corrected chi connectivity index (χ3v) is 2.21. The molecule has 90 valence electrons. The van der Waals surface area contributed by atoms with Crippen LogP contribution in [0.2, 0.25) is 0 Å². The molecule has 2 rings (SSSR count). The van der Waals surface area contributed by atoms with Gasteiger partial charge in [-0.25, -0.2) is 0 Å². The number of aromatic hydroxyl groups is 1. The van der Waals surface area contributed by atoms with Crippen LogP contribution >= 0.6 is 0 Å². The molecule has 0 bridgehead atoms. The fraction of sp³-hybridized carbons (Fsp3) is 0.100. The molecule has 0 radical (unpaired) electrons. The van der Waals surface area contributed by atoms with Crippen molar-refractivity contribution in [1.82, 2.24) is 10.2 Å². The first-order valence-corrected chi connectivity index (χ1v) is 4.59. The highest BCUT2D eigenvalue weighted by Gasteiger charge is 2.31. The van der Waals surface area contributed by atoms with Crippen LogP contribution in [0.3, 0.4) is 0 Å². The van der Waals surface area contributed by atoms with Crippen molar-refractivity contribution in [3.63, 3.8) is 0 Å². The van der Waals surface area contributed by atoms with E-state index in [0.717, 1.165) is 12.1 Å². The highest BCUT2D eigenvalue weighted by molar-refractivity contribution is 5.69. The molecule has 1 heterocycles. The summed E-state index contributed by atoms with van der Waals surface area (Å²) in [4.78, 5) is 0. The molecule has 0 atom stereocenters. The number of nitrogens with one attached hydrogen (secondary N) is 1. The van der Waals surface area contributed by atoms with E-state index in [1.807, 2.05) is 0 Å². The minimum absolute atomic E-state index is 0.194. The molecule has 0 fully saturated rings. The van der Waals surface area contributed by atoms with E-state index in [9.17, 15) is 18.3 Å². The van der Waals surface area contributed by atoms with Crippen LogP contribution in [-0.2, 0) is 6.18 Å². The second-order valence-corrected chi connectivity index (χ2v) is 3.44. The zero-order valence-electron chi connectivity index (χ0n) is 8.42. The standard InChI is InChI=1S/C10H8F3N3O/c11-10(12,13)5-1-2-6(8(17)3-5)7-4-9(14)16-15-7/h1-4,17H,(H3,14,15,16). The van der Waals surface area contributed by atoms with Crippen LogP contribution in [0, 0.1) is 0 Å². The smallest absolute Gasteiger partial charge is 0.416 e. The van der Waals surface area contributed by atoms with Crippen LogP contribution < -0.4 is 5.73 Å². The molecule has 0 aliphatic rings. The third kappa shape index (κ3) is 2.17. The van der Waals surface area contributed by atoms with E-state index in [1.54, 1.807) is 0 Å². The number of alkyl halides is 3. The van der Waals surface area contributed by atoms with E-state index < -0.39 is 17.5 Å². The number of nitrogens with zero attached hydrogens (tertiary/aromatic N) is 1. The number of anilines is 1. The Hall–Kier alpha value is -2.18. The zero-order chi connectivity index (χ0) is 12.6. The lowest BCUT2D eigenvalue weighted by molar-refractivity contribution is -0.137. The van der Waals surface area contributed by atoms with Gasteiger partial charge in [-0.3, -0.25) is 5.10 Å². The molecule has 2 aromatic rings. The van der Waals surface area contributed by atoms with Gasteiger partial charge >= 0.3 is 6.18 Å². The largest absolute Gasteiger partial charge is 0.507 e. The third-order valence-electron chi connectivity index (χ3n) is 2.21. The topological polar surface area (TPSA) is 74.9 Å². The number of hydrogen-bond acceptors (Lipinski definition) is 3. The van der Waals surface area contributed by atoms with Crippen molar-refractivity contribution in [2.24, 2.45) is 0 Å². The van der Waals surface area contributed by atoms with Gasteiger partial charge < -0.3 is 10.8 Å². The lowest BCUT2D eigenvalue weighted by Crippen LogP contribution is -2.04. The molecule has 0 saturated carbocycles. The van der Waals surface area contributed by atoms with Crippen LogP contribution in [0.5, 0.6) is 5.75 Å². The highest BCUT2D eigenvalue weighted by Crippen LogP contribution is 2.36. The number of benzene rings is 1. The van der Waals surface area contributed by atoms with Gasteiger partial charge in [0.25, 0.3) is 0 Å². The second kappa shape index (κ2) is 3.69. The van der Waals surface area contributed by atoms with Gasteiger partial charge in [0.15, 0.2) is 0 Å². The fourth-order valence-electron chi connectivity index (χ4n) is 1.41. The van der Waals surface area contributed by atoms with Crippen molar-refractivity contribution in [3.8, 4) is 17.0 Å². The Balaban J connectivity index is 2.45. The number of aromatic nitrogens is 2. The fourth-order valence-corrected chi connectivity index (χ4v) is 1.41. The summed E-state index contributed by atoms with van der Waals surface area (Å²) in [6.45, 7) is 0. The summed E-state index contributed by atoms with van der Waals surface area (Å²) in [5, 5.41) is 15.7. The van der Waals surface area contributed by atoms with Gasteiger partial charge in [-0.2, -0.15) is 18.3 Å². The normalized spacial score (nSPS) is 11.7. The molecule has 17 heavy (non-hydrogen) atoms. The summed E-state index contributed by atoms with van der Waals surface area (Å²) >= 11 is 0. The minimum atomic E-state index is -4.48. The van der Waals surface area contributed by atoms with E-state index in [1.165, 1.54) is 6.07 Å². The van der Waals surface area contributed by atoms with E-state index in [0.29, 0.717) is 11.8 Å². The number of rotatable bonds is 1. The van der Waals surface area contributed by atoms with Crippen molar-refractivity contribution < 1.29 is 18.3 Å². The van der Waals surface area contributed by atoms with Gasteiger partial charge in [0, 0.05) is 11.6 Å². The SMILES string of the molecule is Nc1cc(-c2ccc(C(F)(F)F)cc2O)[nH]n1. The van der Waals surface area contributed by atoms with E-state index in [2.05, 4.69) is 10.2 Å². The number of phenols is 1. The average Bonchev–Trinajstić information content (AvgIpc) is 2.63. The molecule has 0 spiro atoms. The second-order valence-electron chi connectivity index (χ2n) is 3.44. The maximum atomic E-state index is 12.4. The first-order chi connectivity index (χ1) is 7.88. The Labute approximate surface area is 93.9 Å². The molecule has 4 nitrogen and oxygen atoms in total. The Bertz CT molecular complexity index is 548. The van der Waals surface area contributed by atoms with Crippen molar-refractivity contribution in [2.45, 2.75) is 6.18 Å². The lowest BCUT2D eigenvalue weighted by atomic mass is 10.1. The predicted molar refractivity (Wildman–Crippen MR) is 55.1 cm³/mol. The molecule has 1 aromatic heterocycles. The van der Waals surface area contributed by atoms with Gasteiger partial charge in [-0.15, -0.1) is 0 Å². The first-order valence-electron chi connectivity index (χ1n) is 4.59. The maximum Gasteiger partial charge on any atom is 0.416 e. The number of nitrogens with two attached hydrogens (primary N) is 1. The van der Waals surface area contributed by atoms with Crippen LogP contribution in [0.15, 0.2) is 24.3 Å². The van der Waals surface area contributed by atoms with E-state index in [-0.39, 0.29) is 11.4 Å². The number of nitrogen functional groups attached to an aromatic ring is 1. The highest BCUT2D eigenvalue weighted by atomic mass is 19.4. The Morgan fingerprint density at radius 3 is 2.41 bits per heavy atom. The molecule has 1 aromatic carbocycles. The molecular weight excluding hydrogens is 235 g/mol. The summed E-state index contributed by atoms with van der Waals surface area (Å²) < 4.78 is 37.1. The van der Waals surface area contributed by atoms with Crippen molar-refractivity contribution in [3.05, 3.63) is 29.8 Å². The number of halogens is 3. The van der Waals surface area contributed by atoms with Gasteiger partial charge in [0.1, 0.15) is 11.6 Å². The zero-order valence-corrected chi connectivity index (χ0v) is 8.42. The summed E-state index contributed by atoms with van der Waals surface area (Å²) in [5.41, 5.74) is 5.02.